The van der Waals surface area contributed by atoms with Crippen LogP contribution in [0.1, 0.15) is 36.3 Å². The maximum Gasteiger partial charge on any atom is 0.259 e. The molecule has 2 amide bonds. The molecule has 0 spiro atoms. The van der Waals surface area contributed by atoms with Crippen molar-refractivity contribution < 1.29 is 14.0 Å². The standard InChI is InChI=1S/C21H21FN4O2/c1-3-19-18(13-23-26(19)17-10-8-14(22)9-11-17)21(28)25-16-7-5-6-15(12-16)24-20(27)4-2/h5-13H,3-4H2,1-2H3,(H,24,27)(H,25,28). The highest BCUT2D eigenvalue weighted by molar-refractivity contribution is 6.05. The van der Waals surface area contributed by atoms with E-state index >= 15 is 0 Å². The number of amides is 2. The van der Waals surface area contributed by atoms with E-state index in [1.807, 2.05) is 6.92 Å². The average molecular weight is 380 g/mol. The van der Waals surface area contributed by atoms with Gasteiger partial charge in [0.05, 0.1) is 23.1 Å². The van der Waals surface area contributed by atoms with Gasteiger partial charge in [-0.05, 0) is 48.9 Å². The molecular formula is C21H21FN4O2. The van der Waals surface area contributed by atoms with Crippen LogP contribution < -0.4 is 10.6 Å². The number of nitrogens with zero attached hydrogens (tertiary/aromatic N) is 2. The first-order valence-electron chi connectivity index (χ1n) is 9.06. The molecule has 144 valence electrons. The number of hydrogen-bond acceptors (Lipinski definition) is 3. The topological polar surface area (TPSA) is 76.0 Å². The Kier molecular flexibility index (Phi) is 5.84. The van der Waals surface area contributed by atoms with Crippen LogP contribution in [0.2, 0.25) is 0 Å². The first-order valence-corrected chi connectivity index (χ1v) is 9.06. The van der Waals surface area contributed by atoms with Crippen LogP contribution in [0, 0.1) is 5.82 Å². The predicted octanol–water partition coefficient (Wildman–Crippen LogP) is 4.17. The van der Waals surface area contributed by atoms with Gasteiger partial charge in [0, 0.05) is 17.8 Å². The minimum atomic E-state index is -0.332. The lowest BCUT2D eigenvalue weighted by molar-refractivity contribution is -0.115. The number of aromatic nitrogens is 2. The van der Waals surface area contributed by atoms with Crippen LogP contribution in [0.15, 0.2) is 54.7 Å². The van der Waals surface area contributed by atoms with E-state index in [1.165, 1.54) is 18.3 Å². The molecule has 0 unspecified atom stereocenters. The second-order valence-corrected chi connectivity index (χ2v) is 6.18. The molecule has 3 rings (SSSR count). The summed E-state index contributed by atoms with van der Waals surface area (Å²) in [6, 6.07) is 12.9. The number of rotatable bonds is 6. The van der Waals surface area contributed by atoms with Gasteiger partial charge in [-0.25, -0.2) is 9.07 Å². The molecule has 2 N–H and O–H groups in total. The van der Waals surface area contributed by atoms with Gasteiger partial charge in [-0.3, -0.25) is 9.59 Å². The van der Waals surface area contributed by atoms with Crippen molar-refractivity contribution in [2.45, 2.75) is 26.7 Å². The van der Waals surface area contributed by atoms with E-state index in [0.717, 1.165) is 5.69 Å². The van der Waals surface area contributed by atoms with Crippen LogP contribution in [-0.2, 0) is 11.2 Å². The van der Waals surface area contributed by atoms with Gasteiger partial charge in [-0.15, -0.1) is 0 Å². The van der Waals surface area contributed by atoms with Crippen LogP contribution in [0.3, 0.4) is 0 Å². The second-order valence-electron chi connectivity index (χ2n) is 6.18. The maximum absolute atomic E-state index is 13.2. The van der Waals surface area contributed by atoms with Crippen molar-refractivity contribution in [2.24, 2.45) is 0 Å². The van der Waals surface area contributed by atoms with Crippen molar-refractivity contribution in [2.75, 3.05) is 10.6 Å². The molecule has 1 heterocycles. The molecule has 0 bridgehead atoms. The largest absolute Gasteiger partial charge is 0.326 e. The molecule has 1 aromatic heterocycles. The third kappa shape index (κ3) is 4.25. The van der Waals surface area contributed by atoms with E-state index in [-0.39, 0.29) is 17.6 Å². The lowest BCUT2D eigenvalue weighted by atomic mass is 10.1. The van der Waals surface area contributed by atoms with Crippen molar-refractivity contribution in [1.82, 2.24) is 9.78 Å². The molecule has 0 aliphatic heterocycles. The van der Waals surface area contributed by atoms with Gasteiger partial charge in [0.2, 0.25) is 5.91 Å². The number of carbonyl (C=O) groups is 2. The SMILES string of the molecule is CCC(=O)Nc1cccc(NC(=O)c2cnn(-c3ccc(F)cc3)c2CC)c1. The van der Waals surface area contributed by atoms with Crippen molar-refractivity contribution >= 4 is 23.2 Å². The zero-order valence-electron chi connectivity index (χ0n) is 15.7. The molecule has 0 saturated carbocycles. The van der Waals surface area contributed by atoms with Crippen molar-refractivity contribution in [3.05, 3.63) is 71.8 Å². The van der Waals surface area contributed by atoms with Crippen LogP contribution in [0.5, 0.6) is 0 Å². The number of halogens is 1. The van der Waals surface area contributed by atoms with Gasteiger partial charge in [-0.1, -0.05) is 19.9 Å². The number of anilines is 2. The van der Waals surface area contributed by atoms with Gasteiger partial charge in [0.25, 0.3) is 5.91 Å². The molecule has 7 heteroatoms. The van der Waals surface area contributed by atoms with Gasteiger partial charge in [0.15, 0.2) is 0 Å². The third-order valence-corrected chi connectivity index (χ3v) is 4.24. The van der Waals surface area contributed by atoms with E-state index in [2.05, 4.69) is 15.7 Å². The molecule has 0 radical (unpaired) electrons. The molecule has 2 aromatic carbocycles. The molecule has 0 atom stereocenters. The van der Waals surface area contributed by atoms with Gasteiger partial charge in [-0.2, -0.15) is 5.10 Å². The van der Waals surface area contributed by atoms with E-state index in [9.17, 15) is 14.0 Å². The van der Waals surface area contributed by atoms with Crippen molar-refractivity contribution in [3.63, 3.8) is 0 Å². The summed E-state index contributed by atoms with van der Waals surface area (Å²) < 4.78 is 14.8. The Hall–Kier alpha value is -3.48. The lowest BCUT2D eigenvalue weighted by Gasteiger charge is -2.10. The van der Waals surface area contributed by atoms with Crippen LogP contribution in [0.4, 0.5) is 15.8 Å². The summed E-state index contributed by atoms with van der Waals surface area (Å²) in [5, 5.41) is 9.89. The molecule has 28 heavy (non-hydrogen) atoms. The first-order chi connectivity index (χ1) is 13.5. The molecule has 0 fully saturated rings. The highest BCUT2D eigenvalue weighted by atomic mass is 19.1. The summed E-state index contributed by atoms with van der Waals surface area (Å²) in [6.07, 6.45) is 2.45. The number of benzene rings is 2. The Morgan fingerprint density at radius 3 is 2.36 bits per heavy atom. The maximum atomic E-state index is 13.2. The fourth-order valence-corrected chi connectivity index (χ4v) is 2.83. The Balaban J connectivity index is 1.82. The Morgan fingerprint density at radius 1 is 1.04 bits per heavy atom. The van der Waals surface area contributed by atoms with E-state index in [0.29, 0.717) is 35.5 Å². The smallest absolute Gasteiger partial charge is 0.259 e. The summed E-state index contributed by atoms with van der Waals surface area (Å²) in [7, 11) is 0. The Bertz CT molecular complexity index is 996. The zero-order valence-corrected chi connectivity index (χ0v) is 15.7. The molecule has 3 aromatic rings. The van der Waals surface area contributed by atoms with E-state index in [1.54, 1.807) is 48.0 Å². The van der Waals surface area contributed by atoms with Crippen molar-refractivity contribution in [1.29, 1.82) is 0 Å². The quantitative estimate of drug-likeness (QED) is 0.674. The fourth-order valence-electron chi connectivity index (χ4n) is 2.83. The van der Waals surface area contributed by atoms with Gasteiger partial charge >= 0.3 is 0 Å². The predicted molar refractivity (Wildman–Crippen MR) is 106 cm³/mol. The summed E-state index contributed by atoms with van der Waals surface area (Å²) in [4.78, 5) is 24.3. The van der Waals surface area contributed by atoms with Gasteiger partial charge in [0.1, 0.15) is 5.82 Å². The highest BCUT2D eigenvalue weighted by Crippen LogP contribution is 2.20. The third-order valence-electron chi connectivity index (χ3n) is 4.24. The number of hydrogen-bond donors (Lipinski definition) is 2. The lowest BCUT2D eigenvalue weighted by Crippen LogP contribution is -2.15. The Morgan fingerprint density at radius 2 is 1.71 bits per heavy atom. The molecule has 0 saturated heterocycles. The van der Waals surface area contributed by atoms with E-state index in [4.69, 9.17) is 0 Å². The highest BCUT2D eigenvalue weighted by Gasteiger charge is 2.17. The molecule has 0 aliphatic carbocycles. The monoisotopic (exact) mass is 380 g/mol. The molecule has 0 aliphatic rings. The summed E-state index contributed by atoms with van der Waals surface area (Å²) in [6.45, 7) is 3.70. The molecular weight excluding hydrogens is 359 g/mol. The first kappa shape index (κ1) is 19.3. The fraction of sp³-hybridized carbons (Fsp3) is 0.190. The normalized spacial score (nSPS) is 10.5. The number of nitrogens with one attached hydrogen (secondary N) is 2. The minimum absolute atomic E-state index is 0.0997. The zero-order chi connectivity index (χ0) is 20.1. The van der Waals surface area contributed by atoms with Crippen molar-refractivity contribution in [3.8, 4) is 5.69 Å². The number of carbonyl (C=O) groups excluding carboxylic acids is 2. The van der Waals surface area contributed by atoms with E-state index < -0.39 is 0 Å². The summed E-state index contributed by atoms with van der Waals surface area (Å²) in [5.41, 5.74) is 3.02. The van der Waals surface area contributed by atoms with Crippen LogP contribution >= 0.6 is 0 Å². The summed E-state index contributed by atoms with van der Waals surface area (Å²) in [5.74, 6) is -0.733. The van der Waals surface area contributed by atoms with Crippen LogP contribution in [-0.4, -0.2) is 21.6 Å². The average Bonchev–Trinajstić information content (AvgIpc) is 3.13. The summed E-state index contributed by atoms with van der Waals surface area (Å²) >= 11 is 0. The second kappa shape index (κ2) is 8.47. The minimum Gasteiger partial charge on any atom is -0.326 e. The molecule has 6 nitrogen and oxygen atoms in total. The van der Waals surface area contributed by atoms with Gasteiger partial charge < -0.3 is 10.6 Å². The Labute approximate surface area is 162 Å². The van der Waals surface area contributed by atoms with Crippen LogP contribution in [0.25, 0.3) is 5.69 Å².